The summed E-state index contributed by atoms with van der Waals surface area (Å²) in [5.74, 6) is -2.90. The molecule has 0 amide bonds. The zero-order chi connectivity index (χ0) is 9.84. The Labute approximate surface area is 74.3 Å². The third kappa shape index (κ3) is 2.26. The second-order valence-electron chi connectivity index (χ2n) is 2.47. The maximum absolute atomic E-state index is 12.7. The lowest BCUT2D eigenvalue weighted by molar-refractivity contribution is 0.396. The first-order valence-electron chi connectivity index (χ1n) is 3.69. The van der Waals surface area contributed by atoms with Gasteiger partial charge in [-0.15, -0.1) is 0 Å². The van der Waals surface area contributed by atoms with E-state index in [2.05, 4.69) is 0 Å². The van der Waals surface area contributed by atoms with Crippen LogP contribution in [0.3, 0.4) is 0 Å². The molecular formula is C9H9F2NO. The molecule has 4 heteroatoms. The summed E-state index contributed by atoms with van der Waals surface area (Å²) in [6.07, 6.45) is 3.04. The summed E-state index contributed by atoms with van der Waals surface area (Å²) in [6.45, 7) is 0.296. The number of rotatable bonds is 2. The Bertz CT molecular complexity index is 313. The number of halogens is 2. The van der Waals surface area contributed by atoms with Gasteiger partial charge in [-0.05, 0) is 17.7 Å². The molecule has 1 aromatic rings. The van der Waals surface area contributed by atoms with Crippen LogP contribution in [0.25, 0.3) is 6.08 Å². The number of phenols is 1. The van der Waals surface area contributed by atoms with Crippen molar-refractivity contribution in [1.29, 1.82) is 0 Å². The number of benzene rings is 1. The highest BCUT2D eigenvalue weighted by molar-refractivity contribution is 5.51. The van der Waals surface area contributed by atoms with E-state index in [1.165, 1.54) is 6.08 Å². The average Bonchev–Trinajstić information content (AvgIpc) is 2.10. The molecule has 0 aliphatic carbocycles. The van der Waals surface area contributed by atoms with E-state index >= 15 is 0 Å². The second kappa shape index (κ2) is 4.00. The monoisotopic (exact) mass is 185 g/mol. The molecule has 3 N–H and O–H groups in total. The number of hydrogen-bond acceptors (Lipinski definition) is 2. The predicted octanol–water partition coefficient (Wildman–Crippen LogP) is 1.64. The molecule has 0 saturated heterocycles. The Balaban J connectivity index is 3.06. The molecular weight excluding hydrogens is 176 g/mol. The van der Waals surface area contributed by atoms with Gasteiger partial charge in [0.15, 0.2) is 17.4 Å². The first-order chi connectivity index (χ1) is 6.15. The van der Waals surface area contributed by atoms with Gasteiger partial charge in [-0.2, -0.15) is 0 Å². The van der Waals surface area contributed by atoms with Crippen molar-refractivity contribution in [1.82, 2.24) is 0 Å². The van der Waals surface area contributed by atoms with Crippen LogP contribution in [0, 0.1) is 11.6 Å². The minimum Gasteiger partial charge on any atom is -0.503 e. The first kappa shape index (κ1) is 9.67. The van der Waals surface area contributed by atoms with Gasteiger partial charge in [0.05, 0.1) is 0 Å². The van der Waals surface area contributed by atoms with E-state index in [1.807, 2.05) is 0 Å². The molecule has 0 unspecified atom stereocenters. The SMILES string of the molecule is NC/C=C/c1cc(F)c(O)c(F)c1. The van der Waals surface area contributed by atoms with Crippen LogP contribution >= 0.6 is 0 Å². The van der Waals surface area contributed by atoms with Gasteiger partial charge in [-0.3, -0.25) is 0 Å². The molecule has 0 fully saturated rings. The molecule has 0 bridgehead atoms. The van der Waals surface area contributed by atoms with E-state index in [0.717, 1.165) is 12.1 Å². The first-order valence-corrected chi connectivity index (χ1v) is 3.69. The quantitative estimate of drug-likeness (QED) is 0.735. The molecule has 0 spiro atoms. The summed E-state index contributed by atoms with van der Waals surface area (Å²) in [5.41, 5.74) is 5.49. The standard InChI is InChI=1S/C9H9F2NO/c10-7-4-6(2-1-3-12)5-8(11)9(7)13/h1-2,4-5,13H,3,12H2/b2-1+. The van der Waals surface area contributed by atoms with Crippen LogP contribution in [0.2, 0.25) is 0 Å². The molecule has 13 heavy (non-hydrogen) atoms. The van der Waals surface area contributed by atoms with Crippen LogP contribution in [-0.4, -0.2) is 11.7 Å². The van der Waals surface area contributed by atoms with E-state index in [0.29, 0.717) is 12.1 Å². The van der Waals surface area contributed by atoms with Crippen molar-refractivity contribution >= 4 is 6.08 Å². The van der Waals surface area contributed by atoms with Gasteiger partial charge in [0, 0.05) is 6.54 Å². The zero-order valence-electron chi connectivity index (χ0n) is 6.80. The minimum atomic E-state index is -0.975. The Morgan fingerprint density at radius 1 is 1.31 bits per heavy atom. The molecule has 1 rings (SSSR count). The smallest absolute Gasteiger partial charge is 0.187 e. The molecule has 0 atom stereocenters. The van der Waals surface area contributed by atoms with Crippen LogP contribution in [0.15, 0.2) is 18.2 Å². The summed E-state index contributed by atoms with van der Waals surface area (Å²) < 4.78 is 25.4. The summed E-state index contributed by atoms with van der Waals surface area (Å²) in [7, 11) is 0. The van der Waals surface area contributed by atoms with E-state index in [-0.39, 0.29) is 0 Å². The highest BCUT2D eigenvalue weighted by Gasteiger charge is 2.07. The molecule has 2 nitrogen and oxygen atoms in total. The van der Waals surface area contributed by atoms with E-state index in [1.54, 1.807) is 6.08 Å². The zero-order valence-corrected chi connectivity index (χ0v) is 6.80. The number of phenolic OH excluding ortho intramolecular Hbond substituents is 1. The van der Waals surface area contributed by atoms with Gasteiger partial charge in [-0.1, -0.05) is 12.2 Å². The summed E-state index contributed by atoms with van der Waals surface area (Å²) in [6, 6.07) is 2.06. The van der Waals surface area contributed by atoms with Gasteiger partial charge in [0.1, 0.15) is 0 Å². The Kier molecular flexibility index (Phi) is 2.97. The van der Waals surface area contributed by atoms with Crippen LogP contribution < -0.4 is 5.73 Å². The summed E-state index contributed by atoms with van der Waals surface area (Å²) in [5, 5.41) is 8.76. The van der Waals surface area contributed by atoms with Crippen LogP contribution in [-0.2, 0) is 0 Å². The highest BCUT2D eigenvalue weighted by Crippen LogP contribution is 2.21. The fourth-order valence-corrected chi connectivity index (χ4v) is 0.885. The molecule has 0 aromatic heterocycles. The number of hydrogen-bond donors (Lipinski definition) is 2. The lowest BCUT2D eigenvalue weighted by Gasteiger charge is -1.98. The summed E-state index contributed by atoms with van der Waals surface area (Å²) >= 11 is 0. The second-order valence-corrected chi connectivity index (χ2v) is 2.47. The van der Waals surface area contributed by atoms with Crippen molar-refractivity contribution in [2.75, 3.05) is 6.54 Å². The molecule has 0 saturated carbocycles. The summed E-state index contributed by atoms with van der Waals surface area (Å²) in [4.78, 5) is 0. The van der Waals surface area contributed by atoms with Gasteiger partial charge in [0.2, 0.25) is 0 Å². The number of nitrogens with two attached hydrogens (primary N) is 1. The van der Waals surface area contributed by atoms with Crippen LogP contribution in [0.1, 0.15) is 5.56 Å². The largest absolute Gasteiger partial charge is 0.503 e. The maximum atomic E-state index is 12.7. The molecule has 70 valence electrons. The Morgan fingerprint density at radius 3 is 2.31 bits per heavy atom. The lowest BCUT2D eigenvalue weighted by atomic mass is 10.2. The fourth-order valence-electron chi connectivity index (χ4n) is 0.885. The van der Waals surface area contributed by atoms with Gasteiger partial charge in [-0.25, -0.2) is 8.78 Å². The van der Waals surface area contributed by atoms with Gasteiger partial charge in [0.25, 0.3) is 0 Å². The van der Waals surface area contributed by atoms with E-state index in [9.17, 15) is 8.78 Å². The molecule has 1 aromatic carbocycles. The van der Waals surface area contributed by atoms with Crippen LogP contribution in [0.4, 0.5) is 8.78 Å². The van der Waals surface area contributed by atoms with Crippen molar-refractivity contribution in [3.63, 3.8) is 0 Å². The fraction of sp³-hybridized carbons (Fsp3) is 0.111. The molecule has 0 radical (unpaired) electrons. The van der Waals surface area contributed by atoms with Crippen molar-refractivity contribution < 1.29 is 13.9 Å². The van der Waals surface area contributed by atoms with Gasteiger partial charge >= 0.3 is 0 Å². The Hall–Kier alpha value is -1.42. The topological polar surface area (TPSA) is 46.2 Å². The van der Waals surface area contributed by atoms with Crippen molar-refractivity contribution in [2.24, 2.45) is 5.73 Å². The number of aromatic hydroxyl groups is 1. The average molecular weight is 185 g/mol. The van der Waals surface area contributed by atoms with Gasteiger partial charge < -0.3 is 10.8 Å². The lowest BCUT2D eigenvalue weighted by Crippen LogP contribution is -1.92. The van der Waals surface area contributed by atoms with Crippen molar-refractivity contribution in [3.05, 3.63) is 35.4 Å². The normalized spacial score (nSPS) is 11.0. The minimum absolute atomic E-state index is 0.296. The van der Waals surface area contributed by atoms with Crippen molar-refractivity contribution in [3.8, 4) is 5.75 Å². The highest BCUT2D eigenvalue weighted by atomic mass is 19.1. The van der Waals surface area contributed by atoms with E-state index in [4.69, 9.17) is 10.8 Å². The molecule has 0 aliphatic rings. The molecule has 0 heterocycles. The van der Waals surface area contributed by atoms with Crippen LogP contribution in [0.5, 0.6) is 5.75 Å². The third-order valence-electron chi connectivity index (χ3n) is 1.49. The Morgan fingerprint density at radius 2 is 1.85 bits per heavy atom. The van der Waals surface area contributed by atoms with E-state index < -0.39 is 17.4 Å². The predicted molar refractivity (Wildman–Crippen MR) is 46.1 cm³/mol. The van der Waals surface area contributed by atoms with Crippen molar-refractivity contribution in [2.45, 2.75) is 0 Å². The maximum Gasteiger partial charge on any atom is 0.187 e. The third-order valence-corrected chi connectivity index (χ3v) is 1.49. The molecule has 0 aliphatic heterocycles.